The van der Waals surface area contributed by atoms with Crippen LogP contribution in [0.5, 0.6) is 0 Å². The fourth-order valence-electron chi connectivity index (χ4n) is 3.64. The summed E-state index contributed by atoms with van der Waals surface area (Å²) in [7, 11) is 0. The summed E-state index contributed by atoms with van der Waals surface area (Å²) in [6.45, 7) is 2.82. The molecule has 7 nitrogen and oxygen atoms in total. The summed E-state index contributed by atoms with van der Waals surface area (Å²) >= 11 is 12.3. The van der Waals surface area contributed by atoms with Gasteiger partial charge in [0.05, 0.1) is 21.3 Å². The molecule has 0 spiro atoms. The van der Waals surface area contributed by atoms with Crippen LogP contribution in [0.1, 0.15) is 47.4 Å². The number of amides is 1. The molecule has 0 unspecified atom stereocenters. The van der Waals surface area contributed by atoms with Crippen LogP contribution in [0.2, 0.25) is 10.0 Å². The van der Waals surface area contributed by atoms with E-state index in [-0.39, 0.29) is 44.8 Å². The Morgan fingerprint density at radius 3 is 2.69 bits per heavy atom. The average molecular weight is 441 g/mol. The van der Waals surface area contributed by atoms with Crippen molar-refractivity contribution in [2.24, 2.45) is 5.92 Å². The van der Waals surface area contributed by atoms with Gasteiger partial charge in [-0.3, -0.25) is 9.78 Å². The number of fused-ring (bicyclic) bond motifs is 1. The van der Waals surface area contributed by atoms with Gasteiger partial charge in [0.2, 0.25) is 0 Å². The van der Waals surface area contributed by atoms with Crippen molar-refractivity contribution in [2.75, 3.05) is 13.1 Å². The Hall–Kier alpha value is -2.39. The molecule has 11 heteroatoms. The van der Waals surface area contributed by atoms with Gasteiger partial charge in [0.1, 0.15) is 12.0 Å². The van der Waals surface area contributed by atoms with Gasteiger partial charge in [-0.25, -0.2) is 18.3 Å². The molecule has 0 aromatic carbocycles. The van der Waals surface area contributed by atoms with Gasteiger partial charge in [-0.15, -0.1) is 0 Å². The minimum Gasteiger partial charge on any atom is -0.338 e. The molecule has 0 bridgehead atoms. The molecule has 1 saturated heterocycles. The van der Waals surface area contributed by atoms with Crippen molar-refractivity contribution >= 4 is 34.9 Å². The SMILES string of the molecule is C[C@@H]1CCN(C(=O)c2c(Cl)cncc2Cl)C[C@H]1c1cc(C(F)F)nc2ncnn12. The maximum Gasteiger partial charge on any atom is 0.280 e. The van der Waals surface area contributed by atoms with Crippen LogP contribution in [0.15, 0.2) is 24.8 Å². The fraction of sp³-hybridized carbons (Fsp3) is 0.389. The molecular weight excluding hydrogens is 425 g/mol. The summed E-state index contributed by atoms with van der Waals surface area (Å²) in [5.74, 6) is -0.328. The van der Waals surface area contributed by atoms with Gasteiger partial charge in [-0.1, -0.05) is 30.1 Å². The van der Waals surface area contributed by atoms with Crippen LogP contribution in [-0.4, -0.2) is 48.5 Å². The summed E-state index contributed by atoms with van der Waals surface area (Å²) in [6.07, 6.45) is 1.94. The maximum absolute atomic E-state index is 13.3. The van der Waals surface area contributed by atoms with Crippen molar-refractivity contribution in [1.29, 1.82) is 0 Å². The van der Waals surface area contributed by atoms with E-state index in [9.17, 15) is 13.6 Å². The van der Waals surface area contributed by atoms with Crippen molar-refractivity contribution in [2.45, 2.75) is 25.7 Å². The lowest BCUT2D eigenvalue weighted by atomic mass is 9.84. The number of hydrogen-bond donors (Lipinski definition) is 0. The highest BCUT2D eigenvalue weighted by Gasteiger charge is 2.34. The Kier molecular flexibility index (Phi) is 5.35. The number of piperidine rings is 1. The molecule has 1 aliphatic rings. The van der Waals surface area contributed by atoms with E-state index >= 15 is 0 Å². The molecule has 1 amide bonds. The van der Waals surface area contributed by atoms with E-state index in [2.05, 4.69) is 20.1 Å². The number of pyridine rings is 1. The largest absolute Gasteiger partial charge is 0.338 e. The fourth-order valence-corrected chi connectivity index (χ4v) is 4.17. The molecular formula is C18H16Cl2F2N6O. The normalized spacial score (nSPS) is 19.9. The Morgan fingerprint density at radius 1 is 1.28 bits per heavy atom. The maximum atomic E-state index is 13.3. The van der Waals surface area contributed by atoms with E-state index in [1.165, 1.54) is 29.3 Å². The van der Waals surface area contributed by atoms with Crippen LogP contribution < -0.4 is 0 Å². The van der Waals surface area contributed by atoms with Gasteiger partial charge in [0, 0.05) is 31.4 Å². The van der Waals surface area contributed by atoms with Gasteiger partial charge in [-0.05, 0) is 18.4 Å². The van der Waals surface area contributed by atoms with Crippen LogP contribution in [0.25, 0.3) is 5.78 Å². The van der Waals surface area contributed by atoms with E-state index < -0.39 is 6.43 Å². The standard InChI is InChI=1S/C18H16Cl2F2N6O/c1-9-2-3-27(17(29)15-11(19)5-23-6-12(15)20)7-10(9)14-4-13(16(21)22)26-18-24-8-25-28(14)18/h4-6,8-10,16H,2-3,7H2,1H3/t9-,10-/m1/s1. The first-order chi connectivity index (χ1) is 13.9. The molecule has 1 fully saturated rings. The van der Waals surface area contributed by atoms with Crippen molar-refractivity contribution in [3.8, 4) is 0 Å². The summed E-state index contributed by atoms with van der Waals surface area (Å²) in [4.78, 5) is 26.4. The third-order valence-electron chi connectivity index (χ3n) is 5.22. The lowest BCUT2D eigenvalue weighted by molar-refractivity contribution is 0.0665. The van der Waals surface area contributed by atoms with E-state index in [0.29, 0.717) is 25.2 Å². The number of hydrogen-bond acceptors (Lipinski definition) is 5. The minimum atomic E-state index is -2.73. The molecule has 4 rings (SSSR count). The predicted octanol–water partition coefficient (Wildman–Crippen LogP) is 4.03. The Bertz CT molecular complexity index is 1060. The predicted molar refractivity (Wildman–Crippen MR) is 102 cm³/mol. The molecule has 152 valence electrons. The lowest BCUT2D eigenvalue weighted by Crippen LogP contribution is -2.43. The van der Waals surface area contributed by atoms with Crippen molar-refractivity contribution < 1.29 is 13.6 Å². The van der Waals surface area contributed by atoms with Crippen LogP contribution in [0.4, 0.5) is 8.78 Å². The first-order valence-corrected chi connectivity index (χ1v) is 9.69. The van der Waals surface area contributed by atoms with Gasteiger partial charge >= 0.3 is 0 Å². The quantitative estimate of drug-likeness (QED) is 0.614. The number of alkyl halides is 2. The van der Waals surface area contributed by atoms with E-state index in [1.807, 2.05) is 6.92 Å². The molecule has 0 aliphatic carbocycles. The number of halogens is 4. The zero-order valence-electron chi connectivity index (χ0n) is 15.3. The molecule has 0 radical (unpaired) electrons. The number of carbonyl (C=O) groups excluding carboxylic acids is 1. The van der Waals surface area contributed by atoms with Crippen LogP contribution in [-0.2, 0) is 0 Å². The van der Waals surface area contributed by atoms with Crippen molar-refractivity contribution in [1.82, 2.24) is 29.5 Å². The molecule has 3 aromatic heterocycles. The molecule has 2 atom stereocenters. The zero-order chi connectivity index (χ0) is 20.7. The number of nitrogens with zero attached hydrogens (tertiary/aromatic N) is 6. The number of aromatic nitrogens is 5. The van der Waals surface area contributed by atoms with E-state index in [1.54, 1.807) is 4.90 Å². The van der Waals surface area contributed by atoms with Crippen LogP contribution in [0, 0.1) is 5.92 Å². The number of carbonyl (C=O) groups is 1. The average Bonchev–Trinajstić information content (AvgIpc) is 3.16. The van der Waals surface area contributed by atoms with Gasteiger partial charge < -0.3 is 4.90 Å². The highest BCUT2D eigenvalue weighted by molar-refractivity contribution is 6.39. The third kappa shape index (κ3) is 3.64. The monoisotopic (exact) mass is 440 g/mol. The van der Waals surface area contributed by atoms with E-state index in [0.717, 1.165) is 0 Å². The second-order valence-corrected chi connectivity index (χ2v) is 7.79. The first kappa shape index (κ1) is 19.9. The second kappa shape index (κ2) is 7.79. The molecule has 0 saturated carbocycles. The van der Waals surface area contributed by atoms with Crippen LogP contribution >= 0.6 is 23.2 Å². The summed E-state index contributed by atoms with van der Waals surface area (Å²) in [6, 6.07) is 1.34. The van der Waals surface area contributed by atoms with E-state index in [4.69, 9.17) is 23.2 Å². The summed E-state index contributed by atoms with van der Waals surface area (Å²) < 4.78 is 28.1. The minimum absolute atomic E-state index is 0.105. The van der Waals surface area contributed by atoms with Gasteiger partial charge in [0.15, 0.2) is 0 Å². The van der Waals surface area contributed by atoms with Gasteiger partial charge in [0.25, 0.3) is 18.1 Å². The topological polar surface area (TPSA) is 76.3 Å². The molecule has 0 N–H and O–H groups in total. The number of likely N-dealkylation sites (tertiary alicyclic amines) is 1. The summed E-state index contributed by atoms with van der Waals surface area (Å²) in [5.41, 5.74) is 0.363. The zero-order valence-corrected chi connectivity index (χ0v) is 16.8. The first-order valence-electron chi connectivity index (χ1n) is 8.93. The van der Waals surface area contributed by atoms with Crippen LogP contribution in [0.3, 0.4) is 0 Å². The van der Waals surface area contributed by atoms with Gasteiger partial charge in [-0.2, -0.15) is 10.1 Å². The smallest absolute Gasteiger partial charge is 0.280 e. The Balaban J connectivity index is 1.71. The Labute approximate surface area is 174 Å². The second-order valence-electron chi connectivity index (χ2n) is 6.98. The summed E-state index contributed by atoms with van der Waals surface area (Å²) in [5, 5.41) is 4.46. The lowest BCUT2D eigenvalue weighted by Gasteiger charge is -2.37. The van der Waals surface area contributed by atoms with Crippen molar-refractivity contribution in [3.05, 3.63) is 51.8 Å². The number of rotatable bonds is 3. The molecule has 4 heterocycles. The molecule has 29 heavy (non-hydrogen) atoms. The highest BCUT2D eigenvalue weighted by Crippen LogP contribution is 2.35. The highest BCUT2D eigenvalue weighted by atomic mass is 35.5. The molecule has 3 aromatic rings. The Morgan fingerprint density at radius 2 is 2.00 bits per heavy atom. The third-order valence-corrected chi connectivity index (χ3v) is 5.79. The molecule has 1 aliphatic heterocycles. The van der Waals surface area contributed by atoms with Crippen molar-refractivity contribution in [3.63, 3.8) is 0 Å².